The van der Waals surface area contributed by atoms with Gasteiger partial charge in [0.2, 0.25) is 11.8 Å². The monoisotopic (exact) mass is 579 g/mol. The number of aromatic nitrogens is 5. The molecule has 17 heteroatoms. The summed E-state index contributed by atoms with van der Waals surface area (Å²) in [7, 11) is 0. The van der Waals surface area contributed by atoms with Crippen molar-refractivity contribution in [3.63, 3.8) is 0 Å². The van der Waals surface area contributed by atoms with E-state index in [0.29, 0.717) is 32.4 Å². The molecule has 0 saturated carbocycles. The van der Waals surface area contributed by atoms with Gasteiger partial charge in [0.25, 0.3) is 11.4 Å². The molecule has 2 amide bonds. The number of pyridine rings is 1. The van der Waals surface area contributed by atoms with Crippen molar-refractivity contribution in [2.24, 2.45) is 0 Å². The van der Waals surface area contributed by atoms with E-state index in [1.54, 1.807) is 18.2 Å². The van der Waals surface area contributed by atoms with Gasteiger partial charge in [-0.05, 0) is 24.3 Å². The molecule has 0 saturated heterocycles. The molecule has 0 spiro atoms. The van der Waals surface area contributed by atoms with Crippen LogP contribution in [0.2, 0.25) is 0 Å². The quantitative estimate of drug-likeness (QED) is 0.105. The fourth-order valence-electron chi connectivity index (χ4n) is 3.51. The number of nitrogens with one attached hydrogen (secondary N) is 4. The Labute approximate surface area is 231 Å². The molecule has 40 heavy (non-hydrogen) atoms. The number of amides is 2. The zero-order valence-electron chi connectivity index (χ0n) is 20.1. The predicted molar refractivity (Wildman–Crippen MR) is 148 cm³/mol. The highest BCUT2D eigenvalue weighted by Gasteiger charge is 2.14. The number of thioether (sulfide) groups is 2. The molecule has 0 aliphatic heterocycles. The second-order valence-corrected chi connectivity index (χ2v) is 10.0. The van der Waals surface area contributed by atoms with Crippen molar-refractivity contribution in [2.45, 2.75) is 10.3 Å². The average Bonchev–Trinajstić information content (AvgIpc) is 3.53. The van der Waals surface area contributed by atoms with Crippen LogP contribution in [0.4, 0.5) is 23.0 Å². The van der Waals surface area contributed by atoms with Gasteiger partial charge in [-0.3, -0.25) is 29.8 Å². The molecule has 0 unspecified atom stereocenters. The number of nitro benzene ring substituents is 2. The summed E-state index contributed by atoms with van der Waals surface area (Å²) < 4.78 is 0. The van der Waals surface area contributed by atoms with Crippen LogP contribution in [0.1, 0.15) is 0 Å². The fourth-order valence-corrected chi connectivity index (χ4v) is 4.88. The lowest BCUT2D eigenvalue weighted by molar-refractivity contribution is -0.384. The van der Waals surface area contributed by atoms with Crippen LogP contribution in [0, 0.1) is 20.2 Å². The van der Waals surface area contributed by atoms with E-state index in [1.165, 1.54) is 36.4 Å². The Bertz CT molecular complexity index is 1660. The van der Waals surface area contributed by atoms with E-state index in [9.17, 15) is 29.8 Å². The number of H-pyrrole nitrogens is 2. The van der Waals surface area contributed by atoms with Gasteiger partial charge in [0, 0.05) is 24.3 Å². The zero-order valence-corrected chi connectivity index (χ0v) is 21.7. The van der Waals surface area contributed by atoms with Gasteiger partial charge in [0.15, 0.2) is 10.3 Å². The molecule has 0 bridgehead atoms. The number of non-ortho nitro benzene ring substituents is 2. The number of fused-ring (bicyclic) bond motifs is 2. The third-order valence-corrected chi connectivity index (χ3v) is 7.02. The molecule has 0 atom stereocenters. The highest BCUT2D eigenvalue weighted by Crippen LogP contribution is 2.25. The standard InChI is InChI=1S/C23H17N9O6S2/c33-20(10-39-22-24-14-6-4-12(31(35)36)8-16(14)26-22)29-18-2-1-3-19(28-18)30-21(34)11-40-23-25-15-7-5-13(32(37)38)9-17(15)27-23/h1-9H,10-11H2,(H,24,26)(H,25,27)(H2,28,29,30,33,34). The smallest absolute Gasteiger partial charge is 0.271 e. The first kappa shape index (κ1) is 26.6. The van der Waals surface area contributed by atoms with E-state index in [2.05, 4.69) is 35.6 Å². The number of carbonyl (C=O) groups is 2. The van der Waals surface area contributed by atoms with Gasteiger partial charge in [-0.15, -0.1) is 0 Å². The topological polar surface area (TPSA) is 215 Å². The predicted octanol–water partition coefficient (Wildman–Crippen LogP) is 4.11. The third kappa shape index (κ3) is 6.33. The fraction of sp³-hybridized carbons (Fsp3) is 0.0870. The number of carbonyl (C=O) groups excluding carboxylic acids is 2. The second-order valence-electron chi connectivity index (χ2n) is 8.08. The molecule has 15 nitrogen and oxygen atoms in total. The summed E-state index contributed by atoms with van der Waals surface area (Å²) in [4.78, 5) is 64.5. The SMILES string of the molecule is O=C(CSc1nc2ccc([N+](=O)[O-])cc2[nH]1)Nc1cccc(NC(=O)CSc2nc3ccc([N+](=O)[O-])cc3[nH]2)n1. The molecule has 0 radical (unpaired) electrons. The van der Waals surface area contributed by atoms with Crippen LogP contribution in [0.3, 0.4) is 0 Å². The summed E-state index contributed by atoms with van der Waals surface area (Å²) in [5.74, 6) is -0.277. The number of anilines is 2. The van der Waals surface area contributed by atoms with Crippen molar-refractivity contribution >= 4 is 80.4 Å². The molecule has 0 aliphatic rings. The van der Waals surface area contributed by atoms with Gasteiger partial charge in [0.05, 0.1) is 43.4 Å². The summed E-state index contributed by atoms with van der Waals surface area (Å²) in [5, 5.41) is 28.0. The first-order valence-corrected chi connectivity index (χ1v) is 13.3. The van der Waals surface area contributed by atoms with Crippen LogP contribution in [-0.4, -0.2) is 58.1 Å². The Morgan fingerprint density at radius 3 is 1.60 bits per heavy atom. The lowest BCUT2D eigenvalue weighted by Crippen LogP contribution is -2.18. The largest absolute Gasteiger partial charge is 0.333 e. The maximum atomic E-state index is 12.4. The van der Waals surface area contributed by atoms with Crippen molar-refractivity contribution in [1.29, 1.82) is 0 Å². The first-order valence-electron chi connectivity index (χ1n) is 11.3. The van der Waals surface area contributed by atoms with Gasteiger partial charge in [-0.1, -0.05) is 29.6 Å². The summed E-state index contributed by atoms with van der Waals surface area (Å²) in [6, 6.07) is 13.3. The molecule has 2 aromatic carbocycles. The van der Waals surface area contributed by atoms with Crippen molar-refractivity contribution in [1.82, 2.24) is 24.9 Å². The van der Waals surface area contributed by atoms with Crippen molar-refractivity contribution in [3.05, 3.63) is 74.8 Å². The van der Waals surface area contributed by atoms with Crippen LogP contribution in [-0.2, 0) is 9.59 Å². The van der Waals surface area contributed by atoms with Crippen LogP contribution in [0.5, 0.6) is 0 Å². The van der Waals surface area contributed by atoms with Gasteiger partial charge < -0.3 is 20.6 Å². The molecule has 4 N–H and O–H groups in total. The number of nitro groups is 2. The van der Waals surface area contributed by atoms with E-state index in [1.807, 2.05) is 0 Å². The van der Waals surface area contributed by atoms with E-state index in [4.69, 9.17) is 0 Å². The molecule has 5 rings (SSSR count). The van der Waals surface area contributed by atoms with Crippen LogP contribution >= 0.6 is 23.5 Å². The maximum Gasteiger partial charge on any atom is 0.271 e. The number of imidazole rings is 2. The minimum absolute atomic E-state index is 0.00250. The summed E-state index contributed by atoms with van der Waals surface area (Å²) in [6.45, 7) is 0. The van der Waals surface area contributed by atoms with E-state index in [-0.39, 0.29) is 46.3 Å². The van der Waals surface area contributed by atoms with Crippen molar-refractivity contribution < 1.29 is 19.4 Å². The van der Waals surface area contributed by atoms with Crippen LogP contribution < -0.4 is 10.6 Å². The highest BCUT2D eigenvalue weighted by atomic mass is 32.2. The summed E-state index contributed by atoms with van der Waals surface area (Å²) >= 11 is 2.24. The third-order valence-electron chi connectivity index (χ3n) is 5.27. The molecule has 0 fully saturated rings. The Kier molecular flexibility index (Phi) is 7.56. The minimum Gasteiger partial charge on any atom is -0.333 e. The molecular weight excluding hydrogens is 562 g/mol. The van der Waals surface area contributed by atoms with Gasteiger partial charge in [0.1, 0.15) is 11.6 Å². The number of aromatic amines is 2. The van der Waals surface area contributed by atoms with Crippen molar-refractivity contribution in [2.75, 3.05) is 22.1 Å². The first-order chi connectivity index (χ1) is 19.2. The molecule has 3 heterocycles. The number of nitrogens with zero attached hydrogens (tertiary/aromatic N) is 5. The normalized spacial score (nSPS) is 11.0. The van der Waals surface area contributed by atoms with Crippen molar-refractivity contribution in [3.8, 4) is 0 Å². The Hall–Kier alpha value is -5.03. The molecule has 5 aromatic rings. The van der Waals surface area contributed by atoms with Gasteiger partial charge in [-0.25, -0.2) is 15.0 Å². The van der Waals surface area contributed by atoms with Gasteiger partial charge in [-0.2, -0.15) is 0 Å². The summed E-state index contributed by atoms with van der Waals surface area (Å²) in [6.07, 6.45) is 0. The highest BCUT2D eigenvalue weighted by molar-refractivity contribution is 8.00. The average molecular weight is 580 g/mol. The lowest BCUT2D eigenvalue weighted by atomic mass is 10.3. The zero-order chi connectivity index (χ0) is 28.2. The lowest BCUT2D eigenvalue weighted by Gasteiger charge is -2.07. The Morgan fingerprint density at radius 1 is 0.725 bits per heavy atom. The molecule has 3 aromatic heterocycles. The second kappa shape index (κ2) is 11.4. The van der Waals surface area contributed by atoms with Gasteiger partial charge >= 0.3 is 0 Å². The molecular formula is C23H17N9O6S2. The molecule has 0 aliphatic carbocycles. The number of rotatable bonds is 10. The Morgan fingerprint density at radius 2 is 1.18 bits per heavy atom. The van der Waals surface area contributed by atoms with Crippen LogP contribution in [0.15, 0.2) is 64.9 Å². The summed E-state index contributed by atoms with van der Waals surface area (Å²) in [5.41, 5.74) is 1.94. The van der Waals surface area contributed by atoms with E-state index < -0.39 is 9.85 Å². The number of hydrogen-bond donors (Lipinski definition) is 4. The molecule has 202 valence electrons. The van der Waals surface area contributed by atoms with E-state index >= 15 is 0 Å². The minimum atomic E-state index is -0.499. The maximum absolute atomic E-state index is 12.4. The van der Waals surface area contributed by atoms with Crippen LogP contribution in [0.25, 0.3) is 22.1 Å². The van der Waals surface area contributed by atoms with E-state index in [0.717, 1.165) is 23.5 Å². The number of hydrogen-bond acceptors (Lipinski definition) is 11. The Balaban J connectivity index is 1.12. The number of benzene rings is 2.